The Balaban J connectivity index is 1.74. The number of fused-ring (bicyclic) bond motifs is 1. The van der Waals surface area contributed by atoms with Crippen LogP contribution >= 0.6 is 22.9 Å². The van der Waals surface area contributed by atoms with Crippen LogP contribution in [0.2, 0.25) is 5.02 Å². The van der Waals surface area contributed by atoms with Gasteiger partial charge in [-0.15, -0.1) is 0 Å². The fraction of sp³-hybridized carbons (Fsp3) is 0.120. The van der Waals surface area contributed by atoms with Crippen LogP contribution in [0.4, 0.5) is 5.13 Å². The highest BCUT2D eigenvalue weighted by Gasteiger charge is 2.48. The number of ketones is 1. The Bertz CT molecular complexity index is 1500. The van der Waals surface area contributed by atoms with E-state index >= 15 is 0 Å². The van der Waals surface area contributed by atoms with Crippen LogP contribution < -0.4 is 9.64 Å². The molecular weight excluding hydrogens is 490 g/mol. The van der Waals surface area contributed by atoms with Gasteiger partial charge in [0.1, 0.15) is 5.76 Å². The molecule has 1 unspecified atom stereocenters. The van der Waals surface area contributed by atoms with Gasteiger partial charge in [0.2, 0.25) is 0 Å². The maximum Gasteiger partial charge on any atom is 0.301 e. The molecule has 8 nitrogen and oxygen atoms in total. The highest BCUT2D eigenvalue weighted by Crippen LogP contribution is 2.45. The number of carbonyl (C=O) groups is 2. The Morgan fingerprint density at radius 3 is 2.66 bits per heavy atom. The maximum absolute atomic E-state index is 13.3. The lowest BCUT2D eigenvalue weighted by molar-refractivity contribution is -0.132. The van der Waals surface area contributed by atoms with Gasteiger partial charge in [-0.25, -0.2) is 4.98 Å². The number of rotatable bonds is 5. The number of aromatic hydroxyl groups is 1. The number of hydrogen-bond donors (Lipinski definition) is 2. The first-order valence-electron chi connectivity index (χ1n) is 10.6. The molecule has 1 fully saturated rings. The number of amides is 1. The van der Waals surface area contributed by atoms with Crippen LogP contribution in [0.1, 0.15) is 24.1 Å². The van der Waals surface area contributed by atoms with E-state index < -0.39 is 17.7 Å². The molecule has 5 rings (SSSR count). The number of nitrogens with zero attached hydrogens (tertiary/aromatic N) is 3. The Kier molecular flexibility index (Phi) is 5.88. The minimum absolute atomic E-state index is 0.0867. The van der Waals surface area contributed by atoms with E-state index in [9.17, 15) is 19.8 Å². The highest BCUT2D eigenvalue weighted by molar-refractivity contribution is 7.22. The monoisotopic (exact) mass is 507 g/mol. The predicted molar refractivity (Wildman–Crippen MR) is 133 cm³/mol. The molecule has 2 N–H and O–H groups in total. The molecule has 10 heteroatoms. The average Bonchev–Trinajstić information content (AvgIpc) is 3.38. The number of Topliss-reactive ketones (excluding diaryl/α,β-unsaturated/α-hetero) is 1. The third-order valence-electron chi connectivity index (χ3n) is 5.54. The molecule has 1 aliphatic heterocycles. The molecule has 4 aromatic rings. The van der Waals surface area contributed by atoms with Crippen LogP contribution in [0.3, 0.4) is 0 Å². The Morgan fingerprint density at radius 1 is 1.14 bits per heavy atom. The summed E-state index contributed by atoms with van der Waals surface area (Å²) in [6, 6.07) is 11.8. The number of phenolic OH excluding ortho intramolecular Hbond substituents is 1. The van der Waals surface area contributed by atoms with E-state index in [0.717, 1.165) is 4.70 Å². The van der Waals surface area contributed by atoms with Gasteiger partial charge in [-0.05, 0) is 55.0 Å². The summed E-state index contributed by atoms with van der Waals surface area (Å²) in [4.78, 5) is 36.4. The van der Waals surface area contributed by atoms with E-state index in [2.05, 4.69) is 9.97 Å². The first kappa shape index (κ1) is 22.8. The first-order valence-corrected chi connectivity index (χ1v) is 11.8. The number of anilines is 1. The van der Waals surface area contributed by atoms with Crippen LogP contribution in [0, 0.1) is 0 Å². The molecule has 1 aliphatic rings. The molecule has 0 bridgehead atoms. The fourth-order valence-corrected chi connectivity index (χ4v) is 5.24. The van der Waals surface area contributed by atoms with Crippen molar-refractivity contribution in [3.63, 3.8) is 0 Å². The Hall–Kier alpha value is -3.95. The lowest BCUT2D eigenvalue weighted by Gasteiger charge is -2.23. The van der Waals surface area contributed by atoms with E-state index in [1.807, 2.05) is 0 Å². The van der Waals surface area contributed by atoms with E-state index in [-0.39, 0.29) is 28.0 Å². The van der Waals surface area contributed by atoms with Gasteiger partial charge in [-0.2, -0.15) is 0 Å². The zero-order valence-corrected chi connectivity index (χ0v) is 19.9. The van der Waals surface area contributed by atoms with Gasteiger partial charge in [-0.1, -0.05) is 29.0 Å². The summed E-state index contributed by atoms with van der Waals surface area (Å²) in [5.41, 5.74) is 1.30. The largest absolute Gasteiger partial charge is 0.507 e. The van der Waals surface area contributed by atoms with Crippen molar-refractivity contribution >= 4 is 55.7 Å². The van der Waals surface area contributed by atoms with Crippen molar-refractivity contribution in [3.05, 3.63) is 82.6 Å². The van der Waals surface area contributed by atoms with E-state index in [1.165, 1.54) is 34.7 Å². The van der Waals surface area contributed by atoms with Crippen molar-refractivity contribution in [3.8, 4) is 11.5 Å². The lowest BCUT2D eigenvalue weighted by Crippen LogP contribution is -2.29. The fourth-order valence-electron chi connectivity index (χ4n) is 3.97. The van der Waals surface area contributed by atoms with Gasteiger partial charge in [0, 0.05) is 23.0 Å². The topological polar surface area (TPSA) is 113 Å². The normalized spacial score (nSPS) is 17.3. The molecule has 1 amide bonds. The van der Waals surface area contributed by atoms with Crippen molar-refractivity contribution in [1.29, 1.82) is 0 Å². The molecule has 176 valence electrons. The van der Waals surface area contributed by atoms with E-state index in [4.69, 9.17) is 16.3 Å². The van der Waals surface area contributed by atoms with Crippen molar-refractivity contribution in [2.75, 3.05) is 11.5 Å². The van der Waals surface area contributed by atoms with E-state index in [0.29, 0.717) is 28.3 Å². The predicted octanol–water partition coefficient (Wildman–Crippen LogP) is 5.08. The summed E-state index contributed by atoms with van der Waals surface area (Å²) in [7, 11) is 0. The van der Waals surface area contributed by atoms with Crippen LogP contribution in [0.15, 0.2) is 66.5 Å². The number of benzene rings is 2. The lowest BCUT2D eigenvalue weighted by atomic mass is 9.95. The van der Waals surface area contributed by atoms with Gasteiger partial charge >= 0.3 is 5.91 Å². The zero-order chi connectivity index (χ0) is 24.7. The third kappa shape index (κ3) is 3.98. The van der Waals surface area contributed by atoms with Gasteiger partial charge in [0.05, 0.1) is 28.4 Å². The average molecular weight is 508 g/mol. The minimum atomic E-state index is -1.01. The van der Waals surface area contributed by atoms with Crippen LogP contribution in [-0.4, -0.2) is 38.5 Å². The van der Waals surface area contributed by atoms with Crippen molar-refractivity contribution in [2.24, 2.45) is 0 Å². The van der Waals surface area contributed by atoms with Crippen LogP contribution in [0.5, 0.6) is 11.5 Å². The molecular formula is C25H18ClN3O5S. The molecule has 1 atom stereocenters. The number of aliphatic hydroxyl groups is 1. The van der Waals surface area contributed by atoms with Gasteiger partial charge in [0.15, 0.2) is 16.6 Å². The third-order valence-corrected chi connectivity index (χ3v) is 6.80. The smallest absolute Gasteiger partial charge is 0.301 e. The molecule has 0 saturated carbocycles. The van der Waals surface area contributed by atoms with Crippen molar-refractivity contribution in [2.45, 2.75) is 13.0 Å². The summed E-state index contributed by atoms with van der Waals surface area (Å²) in [5.74, 6) is -1.92. The standard InChI is InChI=1S/C25H18ClN3O5S/c1-2-34-18-11-14(3-6-17(18)30)21-20(22(31)13-7-9-27-10-8-13)23(32)24(33)29(21)25-28-16-5-4-15(26)12-19(16)35-25/h3-12,21,30-31H,2H2,1H3/b22-20+. The van der Waals surface area contributed by atoms with Crippen molar-refractivity contribution < 1.29 is 24.5 Å². The molecule has 0 spiro atoms. The maximum atomic E-state index is 13.3. The quantitative estimate of drug-likeness (QED) is 0.220. The molecule has 0 radical (unpaired) electrons. The molecule has 3 heterocycles. The number of pyridine rings is 1. The molecule has 0 aliphatic carbocycles. The summed E-state index contributed by atoms with van der Waals surface area (Å²) in [6.07, 6.45) is 2.95. The first-order chi connectivity index (χ1) is 16.9. The Morgan fingerprint density at radius 2 is 1.91 bits per heavy atom. The molecule has 2 aromatic carbocycles. The summed E-state index contributed by atoms with van der Waals surface area (Å²) in [5, 5.41) is 22.1. The molecule has 1 saturated heterocycles. The zero-order valence-electron chi connectivity index (χ0n) is 18.3. The highest BCUT2D eigenvalue weighted by atomic mass is 35.5. The Labute approximate surface area is 208 Å². The summed E-state index contributed by atoms with van der Waals surface area (Å²) < 4.78 is 6.26. The number of aromatic nitrogens is 2. The van der Waals surface area contributed by atoms with E-state index in [1.54, 1.807) is 49.4 Å². The number of aliphatic hydroxyl groups excluding tert-OH is 1. The number of ether oxygens (including phenoxy) is 1. The van der Waals surface area contributed by atoms with Crippen molar-refractivity contribution in [1.82, 2.24) is 9.97 Å². The second kappa shape index (κ2) is 9.01. The SMILES string of the molecule is CCOc1cc(C2/C(=C(\O)c3ccncc3)C(=O)C(=O)N2c2nc3ccc(Cl)cc3s2)ccc1O. The number of phenols is 1. The second-order valence-electron chi connectivity index (χ2n) is 7.67. The second-order valence-corrected chi connectivity index (χ2v) is 9.12. The number of thiazole rings is 1. The number of hydrogen-bond acceptors (Lipinski definition) is 8. The molecule has 2 aromatic heterocycles. The number of halogens is 1. The van der Waals surface area contributed by atoms with Crippen LogP contribution in [-0.2, 0) is 9.59 Å². The number of carbonyl (C=O) groups excluding carboxylic acids is 2. The summed E-state index contributed by atoms with van der Waals surface area (Å²) in [6.45, 7) is 2.07. The van der Waals surface area contributed by atoms with Crippen LogP contribution in [0.25, 0.3) is 16.0 Å². The van der Waals surface area contributed by atoms with Gasteiger partial charge < -0.3 is 14.9 Å². The minimum Gasteiger partial charge on any atom is -0.507 e. The van der Waals surface area contributed by atoms with Gasteiger partial charge in [-0.3, -0.25) is 19.5 Å². The van der Waals surface area contributed by atoms with Gasteiger partial charge in [0.25, 0.3) is 5.78 Å². The molecule has 35 heavy (non-hydrogen) atoms. The summed E-state index contributed by atoms with van der Waals surface area (Å²) >= 11 is 7.32.